The molecule has 0 aliphatic heterocycles. The molecule has 0 saturated carbocycles. The van der Waals surface area contributed by atoms with Gasteiger partial charge in [-0.3, -0.25) is 0 Å². The van der Waals surface area contributed by atoms with E-state index in [2.05, 4.69) is 33.6 Å². The predicted octanol–water partition coefficient (Wildman–Crippen LogP) is 3.98. The summed E-state index contributed by atoms with van der Waals surface area (Å²) in [6, 6.07) is 5.95. The zero-order valence-electron chi connectivity index (χ0n) is 11.7. The Morgan fingerprint density at radius 2 is 2.05 bits per heavy atom. The van der Waals surface area contributed by atoms with E-state index < -0.39 is 0 Å². The first-order chi connectivity index (χ1) is 9.67. The number of anilines is 2. The van der Waals surface area contributed by atoms with Gasteiger partial charge < -0.3 is 10.6 Å². The standard InChI is InChI=1S/C14H19ClN4S/c1-3-7-17-14-18-10(2)9-13(19-14)16-8-6-11-4-5-12(15)20-11/h4-5,9H,3,6-8H2,1-2H3,(H2,16,17,18,19). The third-order valence-corrected chi connectivity index (χ3v) is 3.98. The van der Waals surface area contributed by atoms with Crippen LogP contribution in [-0.2, 0) is 6.42 Å². The molecular formula is C14H19ClN4S. The largest absolute Gasteiger partial charge is 0.370 e. The fourth-order valence-corrected chi connectivity index (χ4v) is 2.86. The third-order valence-electron chi connectivity index (χ3n) is 2.69. The Kier molecular flexibility index (Phi) is 5.61. The molecule has 2 aromatic heterocycles. The highest BCUT2D eigenvalue weighted by Gasteiger charge is 2.02. The average Bonchev–Trinajstić information content (AvgIpc) is 2.81. The van der Waals surface area contributed by atoms with Crippen molar-refractivity contribution in [2.45, 2.75) is 26.7 Å². The molecule has 6 heteroatoms. The van der Waals surface area contributed by atoms with Crippen LogP contribution in [0, 0.1) is 6.92 Å². The van der Waals surface area contributed by atoms with Crippen molar-refractivity contribution in [3.8, 4) is 0 Å². The van der Waals surface area contributed by atoms with E-state index in [4.69, 9.17) is 11.6 Å². The lowest BCUT2D eigenvalue weighted by molar-refractivity contribution is 0.941. The molecule has 0 aromatic carbocycles. The summed E-state index contributed by atoms with van der Waals surface area (Å²) in [5, 5.41) is 6.54. The van der Waals surface area contributed by atoms with Gasteiger partial charge in [-0.25, -0.2) is 4.98 Å². The Bertz CT molecular complexity index is 556. The summed E-state index contributed by atoms with van der Waals surface area (Å²) in [5.74, 6) is 1.55. The molecule has 0 saturated heterocycles. The molecule has 0 fully saturated rings. The van der Waals surface area contributed by atoms with Gasteiger partial charge in [0.25, 0.3) is 0 Å². The lowest BCUT2D eigenvalue weighted by Crippen LogP contribution is -2.10. The van der Waals surface area contributed by atoms with Gasteiger partial charge in [0.05, 0.1) is 4.34 Å². The van der Waals surface area contributed by atoms with Crippen LogP contribution in [0.2, 0.25) is 4.34 Å². The zero-order chi connectivity index (χ0) is 14.4. The summed E-state index contributed by atoms with van der Waals surface area (Å²) in [5.41, 5.74) is 0.959. The van der Waals surface area contributed by atoms with Crippen LogP contribution in [0.1, 0.15) is 23.9 Å². The molecular weight excluding hydrogens is 292 g/mol. The Hall–Kier alpha value is -1.33. The Morgan fingerprint density at radius 1 is 1.20 bits per heavy atom. The van der Waals surface area contributed by atoms with Crippen LogP contribution in [0.25, 0.3) is 0 Å². The lowest BCUT2D eigenvalue weighted by atomic mass is 10.3. The first kappa shape index (κ1) is 15.1. The number of thiophene rings is 1. The highest BCUT2D eigenvalue weighted by atomic mass is 35.5. The summed E-state index contributed by atoms with van der Waals surface area (Å²) in [7, 11) is 0. The van der Waals surface area contributed by atoms with Crippen LogP contribution in [-0.4, -0.2) is 23.1 Å². The molecule has 0 atom stereocenters. The van der Waals surface area contributed by atoms with Gasteiger partial charge in [0.2, 0.25) is 5.95 Å². The lowest BCUT2D eigenvalue weighted by Gasteiger charge is -2.09. The molecule has 4 nitrogen and oxygen atoms in total. The van der Waals surface area contributed by atoms with E-state index in [0.717, 1.165) is 41.8 Å². The maximum absolute atomic E-state index is 5.92. The molecule has 108 valence electrons. The fraction of sp³-hybridized carbons (Fsp3) is 0.429. The van der Waals surface area contributed by atoms with Gasteiger partial charge in [-0.2, -0.15) is 4.98 Å². The van der Waals surface area contributed by atoms with E-state index in [1.807, 2.05) is 19.1 Å². The van der Waals surface area contributed by atoms with Crippen molar-refractivity contribution in [1.82, 2.24) is 9.97 Å². The van der Waals surface area contributed by atoms with Gasteiger partial charge in [0.15, 0.2) is 0 Å². The topological polar surface area (TPSA) is 49.8 Å². The summed E-state index contributed by atoms with van der Waals surface area (Å²) in [6.45, 7) is 5.81. The molecule has 20 heavy (non-hydrogen) atoms. The monoisotopic (exact) mass is 310 g/mol. The van der Waals surface area contributed by atoms with Crippen molar-refractivity contribution in [3.63, 3.8) is 0 Å². The van der Waals surface area contributed by atoms with E-state index >= 15 is 0 Å². The molecule has 2 rings (SSSR count). The van der Waals surface area contributed by atoms with Crippen LogP contribution in [0.15, 0.2) is 18.2 Å². The van der Waals surface area contributed by atoms with E-state index in [1.54, 1.807) is 11.3 Å². The number of hydrogen-bond donors (Lipinski definition) is 2. The van der Waals surface area contributed by atoms with Crippen molar-refractivity contribution < 1.29 is 0 Å². The summed E-state index contributed by atoms with van der Waals surface area (Å²) >= 11 is 7.54. The van der Waals surface area contributed by atoms with Crippen molar-refractivity contribution in [2.24, 2.45) is 0 Å². The van der Waals surface area contributed by atoms with Crippen LogP contribution >= 0.6 is 22.9 Å². The number of nitrogens with one attached hydrogen (secondary N) is 2. The summed E-state index contributed by atoms with van der Waals surface area (Å²) in [6.07, 6.45) is 2.00. The normalized spacial score (nSPS) is 10.6. The third kappa shape index (κ3) is 4.65. The molecule has 0 spiro atoms. The second-order valence-electron chi connectivity index (χ2n) is 4.53. The van der Waals surface area contributed by atoms with Gasteiger partial charge in [-0.05, 0) is 31.9 Å². The number of nitrogens with zero attached hydrogens (tertiary/aromatic N) is 2. The zero-order valence-corrected chi connectivity index (χ0v) is 13.3. The molecule has 0 amide bonds. The smallest absolute Gasteiger partial charge is 0.224 e. The number of hydrogen-bond acceptors (Lipinski definition) is 5. The maximum atomic E-state index is 5.92. The molecule has 0 aliphatic rings. The number of halogens is 1. The fourth-order valence-electron chi connectivity index (χ4n) is 1.77. The number of aromatic nitrogens is 2. The maximum Gasteiger partial charge on any atom is 0.224 e. The molecule has 0 aliphatic carbocycles. The first-order valence-corrected chi connectivity index (χ1v) is 7.94. The first-order valence-electron chi connectivity index (χ1n) is 6.75. The molecule has 2 heterocycles. The van der Waals surface area contributed by atoms with E-state index in [1.165, 1.54) is 4.88 Å². The summed E-state index contributed by atoms with van der Waals surface area (Å²) in [4.78, 5) is 10.1. The van der Waals surface area contributed by atoms with Crippen LogP contribution in [0.4, 0.5) is 11.8 Å². The molecule has 0 unspecified atom stereocenters. The van der Waals surface area contributed by atoms with Gasteiger partial charge >= 0.3 is 0 Å². The second-order valence-corrected chi connectivity index (χ2v) is 6.33. The van der Waals surface area contributed by atoms with Crippen LogP contribution in [0.3, 0.4) is 0 Å². The molecule has 2 N–H and O–H groups in total. The van der Waals surface area contributed by atoms with Crippen LogP contribution < -0.4 is 10.6 Å². The van der Waals surface area contributed by atoms with E-state index in [0.29, 0.717) is 5.95 Å². The summed E-state index contributed by atoms with van der Waals surface area (Å²) < 4.78 is 0.837. The SMILES string of the molecule is CCCNc1nc(C)cc(NCCc2ccc(Cl)s2)n1. The van der Waals surface area contributed by atoms with E-state index in [9.17, 15) is 0 Å². The van der Waals surface area contributed by atoms with Crippen molar-refractivity contribution >= 4 is 34.7 Å². The van der Waals surface area contributed by atoms with Gasteiger partial charge in [-0.15, -0.1) is 11.3 Å². The Morgan fingerprint density at radius 3 is 2.75 bits per heavy atom. The van der Waals surface area contributed by atoms with Crippen molar-refractivity contribution in [2.75, 3.05) is 23.7 Å². The van der Waals surface area contributed by atoms with Gasteiger partial charge in [-0.1, -0.05) is 18.5 Å². The minimum Gasteiger partial charge on any atom is -0.370 e. The van der Waals surface area contributed by atoms with Gasteiger partial charge in [0.1, 0.15) is 5.82 Å². The van der Waals surface area contributed by atoms with E-state index in [-0.39, 0.29) is 0 Å². The van der Waals surface area contributed by atoms with Crippen molar-refractivity contribution in [3.05, 3.63) is 33.1 Å². The Balaban J connectivity index is 1.89. The highest BCUT2D eigenvalue weighted by molar-refractivity contribution is 7.16. The predicted molar refractivity (Wildman–Crippen MR) is 87.1 cm³/mol. The Labute approximate surface area is 128 Å². The highest BCUT2D eigenvalue weighted by Crippen LogP contribution is 2.21. The number of rotatable bonds is 7. The minimum atomic E-state index is 0.688. The minimum absolute atomic E-state index is 0.688. The average molecular weight is 311 g/mol. The second kappa shape index (κ2) is 7.45. The molecule has 0 radical (unpaired) electrons. The van der Waals surface area contributed by atoms with Gasteiger partial charge in [0, 0.05) is 29.7 Å². The van der Waals surface area contributed by atoms with Crippen molar-refractivity contribution in [1.29, 1.82) is 0 Å². The number of aryl methyl sites for hydroxylation is 1. The molecule has 0 bridgehead atoms. The van der Waals surface area contributed by atoms with Crippen LogP contribution in [0.5, 0.6) is 0 Å². The molecule has 2 aromatic rings. The quantitative estimate of drug-likeness (QED) is 0.812.